The summed E-state index contributed by atoms with van der Waals surface area (Å²) < 4.78 is 40.8. The Morgan fingerprint density at radius 1 is 1.43 bits per heavy atom. The first-order chi connectivity index (χ1) is 9.94. The van der Waals surface area contributed by atoms with E-state index in [4.69, 9.17) is 4.74 Å². The molecule has 1 aromatic rings. The smallest absolute Gasteiger partial charge is 0.220 e. The number of hydrogen-bond acceptors (Lipinski definition) is 4. The fourth-order valence-electron chi connectivity index (χ4n) is 2.28. The Kier molecular flexibility index (Phi) is 5.17. The monoisotopic (exact) mass is 315 g/mol. The van der Waals surface area contributed by atoms with Crippen LogP contribution in [-0.4, -0.2) is 39.0 Å². The van der Waals surface area contributed by atoms with Gasteiger partial charge in [0.05, 0.1) is 18.1 Å². The van der Waals surface area contributed by atoms with E-state index in [9.17, 15) is 17.6 Å². The molecule has 1 aliphatic heterocycles. The molecule has 0 aromatic heterocycles. The van der Waals surface area contributed by atoms with Crippen LogP contribution in [0.1, 0.15) is 12.8 Å². The van der Waals surface area contributed by atoms with E-state index in [2.05, 4.69) is 5.32 Å². The lowest BCUT2D eigenvalue weighted by atomic mass is 10.1. The van der Waals surface area contributed by atoms with Crippen LogP contribution in [0.3, 0.4) is 0 Å². The van der Waals surface area contributed by atoms with E-state index in [0.717, 1.165) is 0 Å². The lowest BCUT2D eigenvalue weighted by Gasteiger charge is -2.10. The molecule has 0 unspecified atom stereocenters. The van der Waals surface area contributed by atoms with E-state index < -0.39 is 9.84 Å². The van der Waals surface area contributed by atoms with E-state index in [1.807, 2.05) is 0 Å². The van der Waals surface area contributed by atoms with Gasteiger partial charge in [-0.05, 0) is 24.5 Å². The Hall–Kier alpha value is -1.63. The SMILES string of the molecule is O=C(C[C@@H]1CCS(=O)(=O)C1)NCCOc1cccc(F)c1. The fraction of sp³-hybridized carbons (Fsp3) is 0.500. The number of halogens is 1. The second kappa shape index (κ2) is 6.89. The van der Waals surface area contributed by atoms with Crippen molar-refractivity contribution in [3.8, 4) is 5.75 Å². The molecule has 2 rings (SSSR count). The van der Waals surface area contributed by atoms with Crippen molar-refractivity contribution in [2.24, 2.45) is 5.92 Å². The van der Waals surface area contributed by atoms with Gasteiger partial charge in [-0.1, -0.05) is 6.07 Å². The Bertz CT molecular complexity index is 603. The number of hydrogen-bond donors (Lipinski definition) is 1. The lowest BCUT2D eigenvalue weighted by Crippen LogP contribution is -2.29. The van der Waals surface area contributed by atoms with Gasteiger partial charge in [-0.2, -0.15) is 0 Å². The molecule has 1 aromatic carbocycles. The average Bonchev–Trinajstić information content (AvgIpc) is 2.74. The summed E-state index contributed by atoms with van der Waals surface area (Å²) in [6, 6.07) is 5.77. The maximum atomic E-state index is 12.9. The summed E-state index contributed by atoms with van der Waals surface area (Å²) in [5, 5.41) is 2.67. The first-order valence-corrected chi connectivity index (χ1v) is 8.62. The van der Waals surface area contributed by atoms with Crippen molar-refractivity contribution in [3.05, 3.63) is 30.1 Å². The van der Waals surface area contributed by atoms with Gasteiger partial charge in [0.1, 0.15) is 18.2 Å². The van der Waals surface area contributed by atoms with Crippen LogP contribution in [0.15, 0.2) is 24.3 Å². The maximum Gasteiger partial charge on any atom is 0.220 e. The minimum absolute atomic E-state index is 0.0841. The third kappa shape index (κ3) is 5.34. The lowest BCUT2D eigenvalue weighted by molar-refractivity contribution is -0.121. The Balaban J connectivity index is 1.64. The fourth-order valence-corrected chi connectivity index (χ4v) is 4.15. The van der Waals surface area contributed by atoms with Crippen LogP contribution in [0.25, 0.3) is 0 Å². The Morgan fingerprint density at radius 3 is 2.90 bits per heavy atom. The van der Waals surface area contributed by atoms with Crippen LogP contribution in [0.4, 0.5) is 4.39 Å². The summed E-state index contributed by atoms with van der Waals surface area (Å²) in [5.41, 5.74) is 0. The molecule has 1 N–H and O–H groups in total. The number of benzene rings is 1. The molecule has 5 nitrogen and oxygen atoms in total. The van der Waals surface area contributed by atoms with Crippen molar-refractivity contribution in [1.29, 1.82) is 0 Å². The van der Waals surface area contributed by atoms with Crippen LogP contribution >= 0.6 is 0 Å². The highest BCUT2D eigenvalue weighted by Crippen LogP contribution is 2.21. The summed E-state index contributed by atoms with van der Waals surface area (Å²) in [5.74, 6) is 0.0394. The molecule has 1 atom stereocenters. The number of ether oxygens (including phenoxy) is 1. The molecule has 1 aliphatic rings. The van der Waals surface area contributed by atoms with Crippen LogP contribution in [-0.2, 0) is 14.6 Å². The zero-order chi connectivity index (χ0) is 15.3. The van der Waals surface area contributed by atoms with Crippen LogP contribution in [0.2, 0.25) is 0 Å². The highest BCUT2D eigenvalue weighted by molar-refractivity contribution is 7.91. The van der Waals surface area contributed by atoms with Crippen molar-refractivity contribution < 1.29 is 22.3 Å². The summed E-state index contributed by atoms with van der Waals surface area (Å²) in [7, 11) is -2.95. The molecular weight excluding hydrogens is 297 g/mol. The standard InChI is InChI=1S/C14H18FNO4S/c15-12-2-1-3-13(9-12)20-6-5-16-14(17)8-11-4-7-21(18,19)10-11/h1-3,9,11H,4-8,10H2,(H,16,17)/t11-/m0/s1. The van der Waals surface area contributed by atoms with Crippen LogP contribution in [0.5, 0.6) is 5.75 Å². The van der Waals surface area contributed by atoms with Gasteiger partial charge in [-0.3, -0.25) is 4.79 Å². The molecule has 1 saturated heterocycles. The van der Waals surface area contributed by atoms with Crippen molar-refractivity contribution in [3.63, 3.8) is 0 Å². The molecule has 1 fully saturated rings. The number of rotatable bonds is 6. The molecule has 0 aliphatic carbocycles. The minimum Gasteiger partial charge on any atom is -0.492 e. The van der Waals surface area contributed by atoms with Crippen LogP contribution < -0.4 is 10.1 Å². The van der Waals surface area contributed by atoms with E-state index in [-0.39, 0.29) is 42.2 Å². The first-order valence-electron chi connectivity index (χ1n) is 6.80. The summed E-state index contributed by atoms with van der Waals surface area (Å²) in [6.45, 7) is 0.535. The number of nitrogens with one attached hydrogen (secondary N) is 1. The first kappa shape index (κ1) is 15.8. The number of sulfone groups is 1. The van der Waals surface area contributed by atoms with Gasteiger partial charge in [0.2, 0.25) is 5.91 Å². The molecule has 0 bridgehead atoms. The Morgan fingerprint density at radius 2 is 2.24 bits per heavy atom. The zero-order valence-corrected chi connectivity index (χ0v) is 12.4. The highest BCUT2D eigenvalue weighted by atomic mass is 32.2. The quantitative estimate of drug-likeness (QED) is 0.799. The molecule has 1 heterocycles. The summed E-state index contributed by atoms with van der Waals surface area (Å²) in [6.07, 6.45) is 0.773. The Labute approximate surface area is 123 Å². The molecule has 21 heavy (non-hydrogen) atoms. The van der Waals surface area contributed by atoms with Gasteiger partial charge in [0, 0.05) is 12.5 Å². The topological polar surface area (TPSA) is 72.5 Å². The van der Waals surface area contributed by atoms with Gasteiger partial charge in [0.25, 0.3) is 0 Å². The van der Waals surface area contributed by atoms with E-state index in [0.29, 0.717) is 18.7 Å². The van der Waals surface area contributed by atoms with E-state index in [1.165, 1.54) is 12.1 Å². The largest absolute Gasteiger partial charge is 0.492 e. The average molecular weight is 315 g/mol. The molecule has 116 valence electrons. The second-order valence-corrected chi connectivity index (χ2v) is 7.36. The van der Waals surface area contributed by atoms with Crippen molar-refractivity contribution in [2.45, 2.75) is 12.8 Å². The normalized spacial score (nSPS) is 20.1. The number of carbonyl (C=O) groups excluding carboxylic acids is 1. The summed E-state index contributed by atoms with van der Waals surface area (Å²) >= 11 is 0. The van der Waals surface area contributed by atoms with Gasteiger partial charge in [0.15, 0.2) is 9.84 Å². The van der Waals surface area contributed by atoms with Crippen molar-refractivity contribution in [2.75, 3.05) is 24.7 Å². The van der Waals surface area contributed by atoms with Crippen molar-refractivity contribution >= 4 is 15.7 Å². The summed E-state index contributed by atoms with van der Waals surface area (Å²) in [4.78, 5) is 11.7. The molecule has 0 spiro atoms. The molecule has 0 saturated carbocycles. The van der Waals surface area contributed by atoms with Crippen molar-refractivity contribution in [1.82, 2.24) is 5.32 Å². The van der Waals surface area contributed by atoms with Crippen LogP contribution in [0, 0.1) is 11.7 Å². The number of carbonyl (C=O) groups is 1. The highest BCUT2D eigenvalue weighted by Gasteiger charge is 2.29. The predicted octanol–water partition coefficient (Wildman–Crippen LogP) is 1.15. The number of amides is 1. The third-order valence-corrected chi connectivity index (χ3v) is 5.13. The molecule has 7 heteroatoms. The maximum absolute atomic E-state index is 12.9. The van der Waals surface area contributed by atoms with Gasteiger partial charge < -0.3 is 10.1 Å². The van der Waals surface area contributed by atoms with E-state index >= 15 is 0 Å². The van der Waals surface area contributed by atoms with Gasteiger partial charge >= 0.3 is 0 Å². The predicted molar refractivity (Wildman–Crippen MR) is 76.3 cm³/mol. The molecule has 0 radical (unpaired) electrons. The second-order valence-electron chi connectivity index (χ2n) is 5.13. The van der Waals surface area contributed by atoms with E-state index in [1.54, 1.807) is 12.1 Å². The third-order valence-electron chi connectivity index (χ3n) is 3.29. The van der Waals surface area contributed by atoms with Gasteiger partial charge in [-0.15, -0.1) is 0 Å². The molecule has 1 amide bonds. The zero-order valence-electron chi connectivity index (χ0n) is 11.5. The minimum atomic E-state index is -2.95. The molecular formula is C14H18FNO4S. The van der Waals surface area contributed by atoms with Gasteiger partial charge in [-0.25, -0.2) is 12.8 Å².